The smallest absolute Gasteiger partial charge is 0.0126 e. The summed E-state index contributed by atoms with van der Waals surface area (Å²) in [7, 11) is 0. The first kappa shape index (κ1) is 135. The van der Waals surface area contributed by atoms with Crippen molar-refractivity contribution in [1.82, 2.24) is 0 Å². The van der Waals surface area contributed by atoms with E-state index < -0.39 is 0 Å². The number of nitrogens with two attached hydrogens (primary N) is 3. The lowest BCUT2D eigenvalue weighted by Gasteiger charge is -2.44. The summed E-state index contributed by atoms with van der Waals surface area (Å²) in [6.45, 7) is 90.4. The SMILES string of the molecule is CC(C)C(C)(C)C1CCC(C)(N)CC1.CC(C)CC1(CC(C)C)CC1.CC(C)CC1(CC(C)C)CCC1.CC(C)CC1(CN)CCCCC1.CC(C)CC1CCC(C)CC1.CC(C)CC1CCC(C)CC1.CC(C)CC1CCC(C)CC1.CC(C)CC1CCCC(N)C1.CC(C)C[C@@H]1CCC[C@@H](C)C1.CC(C)C[C@@H]1CCC[C@H](C)C1.CC(C)C[C@H]1CCC[C@@H](C)C1.CC(C)C[C@H]1CCC[C@H](C)C1. The highest BCUT2D eigenvalue weighted by Gasteiger charge is 2.43. The molecule has 0 heterocycles. The summed E-state index contributed by atoms with van der Waals surface area (Å²) in [6.07, 6.45) is 85.4. The molecular formula is C134H271N3. The Morgan fingerprint density at radius 3 is 0.657 bits per heavy atom. The van der Waals surface area contributed by atoms with Gasteiger partial charge in [0.15, 0.2) is 0 Å². The maximum atomic E-state index is 6.16. The number of rotatable bonds is 29. The largest absolute Gasteiger partial charge is 0.330 e. The molecule has 0 bridgehead atoms. The van der Waals surface area contributed by atoms with Gasteiger partial charge in [-0.1, -0.05) is 449 Å². The fraction of sp³-hybridized carbons (Fsp3) is 1.00. The fourth-order valence-electron chi connectivity index (χ4n) is 29.1. The third kappa shape index (κ3) is 69.7. The highest BCUT2D eigenvalue weighted by Crippen LogP contribution is 2.56. The molecule has 3 heteroatoms. The van der Waals surface area contributed by atoms with E-state index in [4.69, 9.17) is 17.2 Å². The first-order valence-corrected chi connectivity index (χ1v) is 63.2. The van der Waals surface area contributed by atoms with E-state index in [-0.39, 0.29) is 5.54 Å². The van der Waals surface area contributed by atoms with Crippen LogP contribution in [0.4, 0.5) is 0 Å². The maximum absolute atomic E-state index is 6.16. The molecule has 0 aromatic carbocycles. The van der Waals surface area contributed by atoms with Crippen LogP contribution in [0.2, 0.25) is 0 Å². The number of hydrogen-bond acceptors (Lipinski definition) is 3. The van der Waals surface area contributed by atoms with Crippen LogP contribution in [0.5, 0.6) is 0 Å². The lowest BCUT2D eigenvalue weighted by Crippen LogP contribution is -2.43. The Kier molecular flexibility index (Phi) is 72.8. The summed E-state index contributed by atoms with van der Waals surface area (Å²) in [5.74, 6) is 28.7. The Morgan fingerprint density at radius 1 is 0.226 bits per heavy atom. The van der Waals surface area contributed by atoms with Gasteiger partial charge in [0.2, 0.25) is 0 Å². The van der Waals surface area contributed by atoms with Gasteiger partial charge in [0.1, 0.15) is 0 Å². The summed E-state index contributed by atoms with van der Waals surface area (Å²) in [4.78, 5) is 0. The van der Waals surface area contributed by atoms with Gasteiger partial charge in [-0.05, 0) is 399 Å². The molecule has 0 aromatic rings. The summed E-state index contributed by atoms with van der Waals surface area (Å²) >= 11 is 0. The van der Waals surface area contributed by atoms with Crippen LogP contribution in [0.25, 0.3) is 0 Å². The molecular weight excluding hydrogens is 1650 g/mol. The molecule has 822 valence electrons. The molecule has 2 unspecified atom stereocenters. The molecule has 0 spiro atoms. The van der Waals surface area contributed by atoms with Crippen molar-refractivity contribution in [3.63, 3.8) is 0 Å². The first-order valence-electron chi connectivity index (χ1n) is 63.2. The summed E-state index contributed by atoms with van der Waals surface area (Å²) in [6, 6.07) is 0.507. The summed E-state index contributed by atoms with van der Waals surface area (Å²) in [5, 5.41) is 0. The van der Waals surface area contributed by atoms with Gasteiger partial charge in [0, 0.05) is 11.6 Å². The van der Waals surface area contributed by atoms with Gasteiger partial charge in [0.25, 0.3) is 0 Å². The Bertz CT molecular complexity index is 2420. The predicted molar refractivity (Wildman–Crippen MR) is 626 cm³/mol. The zero-order valence-electron chi connectivity index (χ0n) is 103. The van der Waals surface area contributed by atoms with E-state index in [1.165, 1.54) is 379 Å². The minimum atomic E-state index is 0.115. The first-order chi connectivity index (χ1) is 64.0. The summed E-state index contributed by atoms with van der Waals surface area (Å²) in [5.41, 5.74) is 20.6. The van der Waals surface area contributed by atoms with Crippen LogP contribution >= 0.6 is 0 Å². The van der Waals surface area contributed by atoms with Gasteiger partial charge < -0.3 is 17.2 Å². The zero-order chi connectivity index (χ0) is 104. The van der Waals surface area contributed by atoms with Gasteiger partial charge in [-0.15, -0.1) is 0 Å². The van der Waals surface area contributed by atoms with E-state index in [1.54, 1.807) is 0 Å². The predicted octanol–water partition coefficient (Wildman–Crippen LogP) is 44.2. The monoisotopic (exact) mass is 1920 g/mol. The van der Waals surface area contributed by atoms with E-state index >= 15 is 0 Å². The van der Waals surface area contributed by atoms with E-state index in [0.29, 0.717) is 16.9 Å². The van der Waals surface area contributed by atoms with Crippen molar-refractivity contribution in [2.45, 2.75) is 654 Å². The number of hydrogen-bond donors (Lipinski definition) is 3. The molecule has 12 aliphatic carbocycles. The zero-order valence-corrected chi connectivity index (χ0v) is 103. The fourth-order valence-corrected chi connectivity index (χ4v) is 29.1. The van der Waals surface area contributed by atoms with E-state index in [1.807, 2.05) is 0 Å². The van der Waals surface area contributed by atoms with Crippen LogP contribution < -0.4 is 17.2 Å². The van der Waals surface area contributed by atoms with Gasteiger partial charge in [-0.2, -0.15) is 0 Å². The Labute approximate surface area is 870 Å². The Morgan fingerprint density at radius 2 is 0.453 bits per heavy atom. The van der Waals surface area contributed by atoms with Crippen LogP contribution in [-0.2, 0) is 0 Å². The lowest BCUT2D eigenvalue weighted by atomic mass is 9.61. The van der Waals surface area contributed by atoms with E-state index in [9.17, 15) is 0 Å². The molecule has 12 rings (SSSR count). The molecule has 137 heavy (non-hydrogen) atoms. The van der Waals surface area contributed by atoms with Gasteiger partial charge >= 0.3 is 0 Å². The molecule has 0 aromatic heterocycles. The maximum Gasteiger partial charge on any atom is 0.0126 e. The highest BCUT2D eigenvalue weighted by molar-refractivity contribution is 4.95. The third-order valence-corrected chi connectivity index (χ3v) is 36.4. The van der Waals surface area contributed by atoms with Crippen LogP contribution in [0.3, 0.4) is 0 Å². The average molecular weight is 1920 g/mol. The Hall–Kier alpha value is -0.120. The standard InChI is InChI=1S/C13H27N.C12H24.C11H23N.8C11H22.C10H21N/c1-10(2)12(3,4)11-6-8-13(5,14)9-7-11;1-10(2)8-12(6-5-7-12)9-11(3)4;1-10(2)8-11(9-12)6-4-3-5-7-11;1-9(2)7-11(5-6-11)8-10(3)4;3*1-9(2)8-11-6-4-10(3)5-7-11;4*1-9(2)7-11-6-4-5-10(3)8-11;1-8(2)6-9-4-3-5-10(11)7-9/h10-11H,6-9,14H2,1-5H3;10-11H,5-9H2,1-4H3;10H,3-9,12H2,1-2H3;9-10H,5-8H2,1-4H3;7*9-11H,4-8H2,1-3H3;8-10H,3-7,11H2,1-2H3/t;;;;;;;2*10-,11+;2*10-,11-;/m.......1010./s1. The van der Waals surface area contributed by atoms with E-state index in [2.05, 4.69) is 263 Å². The molecule has 0 amide bonds. The van der Waals surface area contributed by atoms with Crippen molar-refractivity contribution in [3.05, 3.63) is 0 Å². The second-order valence-corrected chi connectivity index (χ2v) is 59.8. The summed E-state index contributed by atoms with van der Waals surface area (Å²) < 4.78 is 0. The van der Waals surface area contributed by atoms with Crippen LogP contribution in [-0.4, -0.2) is 18.1 Å². The molecule has 3 nitrogen and oxygen atoms in total. The minimum Gasteiger partial charge on any atom is -0.330 e. The third-order valence-electron chi connectivity index (χ3n) is 36.4. The second kappa shape index (κ2) is 73.9. The van der Waals surface area contributed by atoms with Crippen LogP contribution in [0.15, 0.2) is 0 Å². The highest BCUT2D eigenvalue weighted by atomic mass is 14.7. The van der Waals surface area contributed by atoms with Crippen LogP contribution in [0, 0.1) is 199 Å². The molecule has 12 saturated carbocycles. The Balaban J connectivity index is 0.000000748. The minimum absolute atomic E-state index is 0.115. The molecule has 6 N–H and O–H groups in total. The van der Waals surface area contributed by atoms with Crippen molar-refractivity contribution < 1.29 is 0 Å². The van der Waals surface area contributed by atoms with Gasteiger partial charge in [0.05, 0.1) is 0 Å². The molecule has 12 fully saturated rings. The molecule has 0 radical (unpaired) electrons. The van der Waals surface area contributed by atoms with Crippen molar-refractivity contribution in [2.75, 3.05) is 6.54 Å². The van der Waals surface area contributed by atoms with Gasteiger partial charge in [-0.3, -0.25) is 0 Å². The van der Waals surface area contributed by atoms with Crippen LogP contribution in [0.1, 0.15) is 642 Å². The molecule has 0 aliphatic heterocycles. The average Bonchev–Trinajstić information content (AvgIpc) is 1.57. The lowest BCUT2D eigenvalue weighted by molar-refractivity contribution is 0.0717. The molecule has 12 aliphatic rings. The van der Waals surface area contributed by atoms with Crippen molar-refractivity contribution in [2.24, 2.45) is 216 Å². The topological polar surface area (TPSA) is 78.1 Å². The normalized spacial score (nSPS) is 30.2. The molecule has 10 atom stereocenters. The van der Waals surface area contributed by atoms with Crippen molar-refractivity contribution >= 4 is 0 Å². The second-order valence-electron chi connectivity index (χ2n) is 59.8. The quantitative estimate of drug-likeness (QED) is 0.0698. The van der Waals surface area contributed by atoms with Gasteiger partial charge in [-0.25, -0.2) is 0 Å². The molecule has 0 saturated heterocycles. The van der Waals surface area contributed by atoms with Crippen molar-refractivity contribution in [1.29, 1.82) is 0 Å². The van der Waals surface area contributed by atoms with Crippen molar-refractivity contribution in [3.8, 4) is 0 Å². The van der Waals surface area contributed by atoms with E-state index in [0.717, 1.165) is 195 Å².